The molecule has 2 unspecified atom stereocenters. The number of hydrogen-bond donors (Lipinski definition) is 2. The molecule has 404 valence electrons. The number of methoxy groups -OCH3 is 2. The number of ether oxygens (including phenoxy) is 5. The van der Waals surface area contributed by atoms with Crippen LogP contribution in [0.15, 0.2) is 35.9 Å². The van der Waals surface area contributed by atoms with Crippen LogP contribution in [0.1, 0.15) is 97.5 Å². The van der Waals surface area contributed by atoms with Crippen LogP contribution in [0, 0.1) is 17.8 Å². The molecule has 0 spiro atoms. The molecule has 9 atom stereocenters. The first-order valence-corrected chi connectivity index (χ1v) is 26.6. The number of likely N-dealkylation sites (N-methyl/N-ethyl adjacent to an activating group) is 1. The van der Waals surface area contributed by atoms with Crippen molar-refractivity contribution in [3.63, 3.8) is 0 Å². The summed E-state index contributed by atoms with van der Waals surface area (Å²) >= 11 is 8.00. The van der Waals surface area contributed by atoms with Crippen LogP contribution < -0.4 is 15.0 Å². The van der Waals surface area contributed by atoms with Gasteiger partial charge in [-0.05, 0) is 76.5 Å². The molecule has 7 amide bonds. The zero-order valence-corrected chi connectivity index (χ0v) is 44.8. The lowest BCUT2D eigenvalue weighted by Crippen LogP contribution is -2.63. The minimum Gasteiger partial charge on any atom is -0.495 e. The lowest BCUT2D eigenvalue weighted by molar-refractivity contribution is -0.162. The van der Waals surface area contributed by atoms with Crippen LogP contribution in [0.3, 0.4) is 0 Å². The Morgan fingerprint density at radius 2 is 1.69 bits per heavy atom. The monoisotopic (exact) mass is 1070 g/mol. The standard InChI is InChI=1S/C52H68ClN5O15S/c1-28-10-9-11-39(70-8)52(68)25-37(71-50(67)54-52)29(2)47-51(4,73-47)40(24-44(63)56(6)34-21-32(20-28)22-36(69-7)46(34)53)72-49(66)30(3)55(5)41(60)18-19-74-38-23-45(64)58(48(38)65)26-31-12-14-33(15-13-31)35(59)27-57-42(61)16-17-43(57)62/h9-11,21-22,29-31,33,37-40,47,68H,12-20,23-27H2,1-8H3,(H,54,67)/b11-9-,28-10+/t29-,30+,31?,33?,37+,38?,39-,40-,47?,51+,52+/m1/s1. The van der Waals surface area contributed by atoms with Crippen LogP contribution in [-0.4, -0.2) is 167 Å². The Hall–Kier alpha value is -5.35. The molecule has 0 radical (unpaired) electrons. The Balaban J connectivity index is 0.986. The average Bonchev–Trinajstić information content (AvgIpc) is 3.87. The van der Waals surface area contributed by atoms with Crippen molar-refractivity contribution in [2.45, 2.75) is 145 Å². The molecule has 1 saturated carbocycles. The number of aliphatic hydroxyl groups is 1. The van der Waals surface area contributed by atoms with E-state index in [9.17, 15) is 48.3 Å². The number of likely N-dealkylation sites (tertiary alicyclic amines) is 2. The summed E-state index contributed by atoms with van der Waals surface area (Å²) in [7, 11) is 5.86. The van der Waals surface area contributed by atoms with Crippen molar-refractivity contribution in [3.05, 3.63) is 46.5 Å². The molecular formula is C52H68ClN5O15S. The first-order chi connectivity index (χ1) is 35.0. The fraction of sp³-hybridized carbons (Fsp3) is 0.635. The summed E-state index contributed by atoms with van der Waals surface area (Å²) in [6, 6.07) is 2.38. The molecule has 4 bridgehead atoms. The highest BCUT2D eigenvalue weighted by molar-refractivity contribution is 8.00. The fourth-order valence-corrected chi connectivity index (χ4v) is 12.1. The Bertz CT molecular complexity index is 2460. The maximum Gasteiger partial charge on any atom is 0.409 e. The van der Waals surface area contributed by atoms with Gasteiger partial charge < -0.3 is 38.6 Å². The average molecular weight is 1070 g/mol. The number of esters is 1. The molecule has 4 saturated heterocycles. The number of anilines is 1. The molecular weight excluding hydrogens is 1000 g/mol. The van der Waals surface area contributed by atoms with Gasteiger partial charge in [0, 0.05) is 77.4 Å². The number of epoxide rings is 1. The van der Waals surface area contributed by atoms with Crippen LogP contribution in [0.5, 0.6) is 5.75 Å². The minimum absolute atomic E-state index is 0.00187. The zero-order valence-electron chi connectivity index (χ0n) is 43.2. The van der Waals surface area contributed by atoms with Crippen molar-refractivity contribution in [2.24, 2.45) is 17.8 Å². The quantitative estimate of drug-likeness (QED) is 0.150. The van der Waals surface area contributed by atoms with Gasteiger partial charge in [-0.15, -0.1) is 11.8 Å². The van der Waals surface area contributed by atoms with Crippen LogP contribution in [0.4, 0.5) is 10.5 Å². The number of nitrogens with one attached hydrogen (secondary N) is 1. The number of thioether (sulfide) groups is 1. The molecule has 22 heteroatoms. The predicted octanol–water partition coefficient (Wildman–Crippen LogP) is 4.29. The fourth-order valence-electron chi connectivity index (χ4n) is 10.7. The molecule has 74 heavy (non-hydrogen) atoms. The maximum atomic E-state index is 14.4. The van der Waals surface area contributed by atoms with Crippen LogP contribution in [-0.2, 0) is 63.7 Å². The Morgan fingerprint density at radius 1 is 1.00 bits per heavy atom. The van der Waals surface area contributed by atoms with E-state index >= 15 is 0 Å². The van der Waals surface area contributed by atoms with Gasteiger partial charge in [-0.3, -0.25) is 48.7 Å². The third kappa shape index (κ3) is 12.3. The Morgan fingerprint density at radius 3 is 2.35 bits per heavy atom. The number of carbonyl (C=O) groups excluding carboxylic acids is 9. The number of carbonyl (C=O) groups is 9. The van der Waals surface area contributed by atoms with E-state index in [1.165, 1.54) is 54.7 Å². The van der Waals surface area contributed by atoms with E-state index in [0.717, 1.165) is 16.0 Å². The van der Waals surface area contributed by atoms with Gasteiger partial charge in [-0.1, -0.05) is 42.3 Å². The summed E-state index contributed by atoms with van der Waals surface area (Å²) in [6.45, 7) is 6.84. The van der Waals surface area contributed by atoms with E-state index in [1.54, 1.807) is 45.2 Å². The van der Waals surface area contributed by atoms with Crippen molar-refractivity contribution < 1.29 is 71.9 Å². The number of rotatable bonds is 14. The number of fused-ring (bicyclic) bond motifs is 5. The number of ketones is 1. The molecule has 5 heterocycles. The van der Waals surface area contributed by atoms with Gasteiger partial charge in [-0.25, -0.2) is 9.59 Å². The Labute approximate surface area is 440 Å². The second-order valence-corrected chi connectivity index (χ2v) is 22.3. The SMILES string of the molecule is COc1cc2cc(c1Cl)N(C)C(=O)C[C@@H](OC(=O)[C@H](C)N(C)C(=O)CCSC1CC(=O)N(CC3CCC(C(=O)CN4C(=O)CCC4=O)CC3)C1=O)[C@]1(C)OC1[C@H](C)[C@@H]1C[C@@](O)(NC(=O)O1)[C@H](OC)/C=C\C=C(/C)C2. The van der Waals surface area contributed by atoms with Crippen molar-refractivity contribution >= 4 is 82.3 Å². The summed E-state index contributed by atoms with van der Waals surface area (Å²) < 4.78 is 29.4. The molecule has 6 aliphatic rings. The van der Waals surface area contributed by atoms with E-state index in [-0.39, 0.29) is 97.2 Å². The number of halogens is 1. The molecule has 5 fully saturated rings. The van der Waals surface area contributed by atoms with Crippen molar-refractivity contribution in [3.8, 4) is 5.75 Å². The molecule has 5 aliphatic heterocycles. The van der Waals surface area contributed by atoms with Crippen LogP contribution >= 0.6 is 23.4 Å². The van der Waals surface area contributed by atoms with Gasteiger partial charge >= 0.3 is 12.1 Å². The molecule has 7 rings (SSSR count). The van der Waals surface area contributed by atoms with E-state index in [1.807, 2.05) is 13.0 Å². The third-order valence-corrected chi connectivity index (χ3v) is 17.2. The number of nitrogens with zero attached hydrogens (tertiary/aromatic N) is 4. The van der Waals surface area contributed by atoms with E-state index in [2.05, 4.69) is 5.32 Å². The van der Waals surface area contributed by atoms with Crippen molar-refractivity contribution in [1.82, 2.24) is 20.0 Å². The number of alkyl carbamates (subject to hydrolysis) is 1. The smallest absolute Gasteiger partial charge is 0.409 e. The maximum absolute atomic E-state index is 14.4. The number of benzene rings is 1. The minimum atomic E-state index is -1.89. The van der Waals surface area contributed by atoms with Gasteiger partial charge in [0.1, 0.15) is 40.7 Å². The number of Topliss-reactive ketones (excluding diaryl/α,β-unsaturated/α-hetero) is 1. The Kier molecular flexibility index (Phi) is 17.7. The van der Waals surface area contributed by atoms with Gasteiger partial charge in [0.2, 0.25) is 35.4 Å². The lowest BCUT2D eigenvalue weighted by atomic mass is 9.79. The number of allylic oxidation sites excluding steroid dienone is 3. The van der Waals surface area contributed by atoms with Crippen LogP contribution in [0.2, 0.25) is 5.02 Å². The molecule has 1 aliphatic carbocycles. The summed E-state index contributed by atoms with van der Waals surface area (Å²) in [5, 5.41) is 13.8. The highest BCUT2D eigenvalue weighted by Gasteiger charge is 2.64. The third-order valence-electron chi connectivity index (χ3n) is 15.6. The lowest BCUT2D eigenvalue weighted by Gasteiger charge is -2.42. The highest BCUT2D eigenvalue weighted by Crippen LogP contribution is 2.49. The summed E-state index contributed by atoms with van der Waals surface area (Å²) in [4.78, 5) is 123. The summed E-state index contributed by atoms with van der Waals surface area (Å²) in [6.07, 6.45) is 2.77. The topological polar surface area (TPSA) is 248 Å². The first-order valence-electron chi connectivity index (χ1n) is 25.1. The van der Waals surface area contributed by atoms with Crippen LogP contribution in [0.25, 0.3) is 0 Å². The normalized spacial score (nSPS) is 32.2. The summed E-state index contributed by atoms with van der Waals surface area (Å²) in [5.74, 6) is -3.62. The van der Waals surface area contributed by atoms with E-state index in [4.69, 9.17) is 35.3 Å². The van der Waals surface area contributed by atoms with Gasteiger partial charge in [-0.2, -0.15) is 0 Å². The highest BCUT2D eigenvalue weighted by atomic mass is 35.5. The van der Waals surface area contributed by atoms with Crippen molar-refractivity contribution in [2.75, 3.05) is 52.1 Å². The first kappa shape index (κ1) is 56.4. The molecule has 0 aromatic heterocycles. The van der Waals surface area contributed by atoms with E-state index in [0.29, 0.717) is 43.5 Å². The number of amides is 7. The van der Waals surface area contributed by atoms with E-state index < -0.39 is 83.2 Å². The zero-order chi connectivity index (χ0) is 54.0. The van der Waals surface area contributed by atoms with Gasteiger partial charge in [0.05, 0.1) is 37.1 Å². The second-order valence-electron chi connectivity index (χ2n) is 20.6. The van der Waals surface area contributed by atoms with Crippen molar-refractivity contribution in [1.29, 1.82) is 0 Å². The number of imide groups is 2. The molecule has 2 N–H and O–H groups in total. The van der Waals surface area contributed by atoms with Gasteiger partial charge in [0.25, 0.3) is 0 Å². The molecule has 20 nitrogen and oxygen atoms in total. The predicted molar refractivity (Wildman–Crippen MR) is 270 cm³/mol. The summed E-state index contributed by atoms with van der Waals surface area (Å²) in [5.41, 5.74) is -1.21. The molecule has 1 aromatic rings. The largest absolute Gasteiger partial charge is 0.495 e. The second kappa shape index (κ2) is 23.3. The van der Waals surface area contributed by atoms with Gasteiger partial charge in [0.15, 0.2) is 11.5 Å². The molecule has 1 aromatic carbocycles. The number of hydrogen-bond acceptors (Lipinski definition) is 16.